The summed E-state index contributed by atoms with van der Waals surface area (Å²) >= 11 is 0. The van der Waals surface area contributed by atoms with Crippen LogP contribution in [-0.2, 0) is 28.6 Å². The number of ether oxygens (including phenoxy) is 3. The zero-order valence-corrected chi connectivity index (χ0v) is 51.1. The van der Waals surface area contributed by atoms with Gasteiger partial charge in [-0.3, -0.25) is 14.4 Å². The Bertz CT molecular complexity index is 1150. The van der Waals surface area contributed by atoms with Crippen molar-refractivity contribution in [2.24, 2.45) is 17.8 Å². The molecule has 0 spiro atoms. The van der Waals surface area contributed by atoms with Gasteiger partial charge in [-0.25, -0.2) is 0 Å². The quantitative estimate of drug-likeness (QED) is 0.0343. The van der Waals surface area contributed by atoms with Crippen LogP contribution in [0.5, 0.6) is 0 Å². The molecule has 74 heavy (non-hydrogen) atoms. The van der Waals surface area contributed by atoms with Crippen LogP contribution in [0.4, 0.5) is 0 Å². The minimum Gasteiger partial charge on any atom is -0.462 e. The molecular formula is C68H132O6. The number of unbranched alkanes of at least 4 members (excludes halogenated alkanes) is 44. The first-order valence-electron chi connectivity index (χ1n) is 33.6. The van der Waals surface area contributed by atoms with Gasteiger partial charge in [-0.05, 0) is 37.0 Å². The van der Waals surface area contributed by atoms with Gasteiger partial charge in [0, 0.05) is 19.3 Å². The Hall–Kier alpha value is -1.59. The Morgan fingerprint density at radius 1 is 0.230 bits per heavy atom. The molecule has 0 aliphatic carbocycles. The largest absolute Gasteiger partial charge is 0.462 e. The van der Waals surface area contributed by atoms with E-state index in [2.05, 4.69) is 41.5 Å². The zero-order chi connectivity index (χ0) is 54.1. The van der Waals surface area contributed by atoms with Crippen LogP contribution in [0.15, 0.2) is 0 Å². The van der Waals surface area contributed by atoms with Crippen molar-refractivity contribution in [3.63, 3.8) is 0 Å². The number of esters is 3. The Balaban J connectivity index is 4.27. The zero-order valence-electron chi connectivity index (χ0n) is 51.1. The van der Waals surface area contributed by atoms with Gasteiger partial charge < -0.3 is 14.2 Å². The van der Waals surface area contributed by atoms with Gasteiger partial charge >= 0.3 is 17.9 Å². The first-order chi connectivity index (χ1) is 36.1. The highest BCUT2D eigenvalue weighted by atomic mass is 16.6. The molecular weight excluding hydrogens is 913 g/mol. The smallest absolute Gasteiger partial charge is 0.306 e. The average Bonchev–Trinajstić information content (AvgIpc) is 3.36. The van der Waals surface area contributed by atoms with Gasteiger partial charge in [0.1, 0.15) is 13.2 Å². The first-order valence-corrected chi connectivity index (χ1v) is 33.6. The summed E-state index contributed by atoms with van der Waals surface area (Å²) in [6.07, 6.45) is 65.4. The van der Waals surface area contributed by atoms with Crippen LogP contribution in [0.25, 0.3) is 0 Å². The summed E-state index contributed by atoms with van der Waals surface area (Å²) in [6, 6.07) is 0. The van der Waals surface area contributed by atoms with Crippen LogP contribution in [0.3, 0.4) is 0 Å². The molecule has 440 valence electrons. The monoisotopic (exact) mass is 1050 g/mol. The highest BCUT2D eigenvalue weighted by molar-refractivity contribution is 5.71. The second-order valence-electron chi connectivity index (χ2n) is 24.9. The van der Waals surface area contributed by atoms with Crippen molar-refractivity contribution in [2.45, 2.75) is 388 Å². The van der Waals surface area contributed by atoms with E-state index in [1.165, 1.54) is 263 Å². The summed E-state index contributed by atoms with van der Waals surface area (Å²) < 4.78 is 17.0. The van der Waals surface area contributed by atoms with Crippen molar-refractivity contribution in [2.75, 3.05) is 13.2 Å². The van der Waals surface area contributed by atoms with E-state index in [1.54, 1.807) is 0 Å². The van der Waals surface area contributed by atoms with E-state index < -0.39 is 6.10 Å². The third-order valence-electron chi connectivity index (χ3n) is 15.6. The van der Waals surface area contributed by atoms with E-state index in [4.69, 9.17) is 14.2 Å². The molecule has 0 saturated carbocycles. The van der Waals surface area contributed by atoms with Crippen LogP contribution in [-0.4, -0.2) is 37.2 Å². The lowest BCUT2D eigenvalue weighted by Crippen LogP contribution is -2.30. The van der Waals surface area contributed by atoms with Crippen LogP contribution in [0.1, 0.15) is 382 Å². The third kappa shape index (κ3) is 61.3. The minimum atomic E-state index is -0.765. The molecule has 1 atom stereocenters. The normalized spacial score (nSPS) is 12.1. The number of rotatable bonds is 61. The van der Waals surface area contributed by atoms with Crippen LogP contribution in [0.2, 0.25) is 0 Å². The van der Waals surface area contributed by atoms with Gasteiger partial charge in [0.2, 0.25) is 0 Å². The van der Waals surface area contributed by atoms with E-state index in [0.29, 0.717) is 19.3 Å². The molecule has 0 amide bonds. The predicted octanol–water partition coefficient (Wildman–Crippen LogP) is 22.6. The van der Waals surface area contributed by atoms with E-state index in [-0.39, 0.29) is 31.1 Å². The molecule has 0 unspecified atom stereocenters. The van der Waals surface area contributed by atoms with Crippen molar-refractivity contribution < 1.29 is 28.6 Å². The summed E-state index contributed by atoms with van der Waals surface area (Å²) in [5.41, 5.74) is 0. The van der Waals surface area contributed by atoms with E-state index in [1.807, 2.05) is 0 Å². The van der Waals surface area contributed by atoms with Gasteiger partial charge in [0.05, 0.1) is 0 Å². The fourth-order valence-electron chi connectivity index (χ4n) is 10.6. The van der Waals surface area contributed by atoms with Crippen LogP contribution >= 0.6 is 0 Å². The lowest BCUT2D eigenvalue weighted by molar-refractivity contribution is -0.167. The Kier molecular flexibility index (Phi) is 57.8. The fourth-order valence-corrected chi connectivity index (χ4v) is 10.6. The summed E-state index contributed by atoms with van der Waals surface area (Å²) in [5, 5.41) is 0. The van der Waals surface area contributed by atoms with Crippen molar-refractivity contribution >= 4 is 17.9 Å². The van der Waals surface area contributed by atoms with Gasteiger partial charge in [-0.2, -0.15) is 0 Å². The molecule has 0 aromatic rings. The fraction of sp³-hybridized carbons (Fsp3) is 0.956. The molecule has 0 aliphatic rings. The lowest BCUT2D eigenvalue weighted by atomic mass is 10.0. The SMILES string of the molecule is CC(C)CCCCCCCCCCCCCCCCCCCCC(=O)OC[C@H](COC(=O)CCCCCCCCCCCCCCCCCCC(C)C)OC(=O)CCCCCCCCCCCCCCCC(C)C. The minimum absolute atomic E-state index is 0.0622. The molecule has 0 aliphatic heterocycles. The average molecular weight is 1050 g/mol. The Morgan fingerprint density at radius 2 is 0.392 bits per heavy atom. The summed E-state index contributed by atoms with van der Waals surface area (Å²) in [7, 11) is 0. The van der Waals surface area contributed by atoms with Gasteiger partial charge in [0.25, 0.3) is 0 Å². The topological polar surface area (TPSA) is 78.9 Å². The first kappa shape index (κ1) is 72.4. The molecule has 6 nitrogen and oxygen atoms in total. The third-order valence-corrected chi connectivity index (χ3v) is 15.6. The maximum atomic E-state index is 12.9. The molecule has 0 saturated heterocycles. The summed E-state index contributed by atoms with van der Waals surface area (Å²) in [5.74, 6) is 1.72. The van der Waals surface area contributed by atoms with Crippen LogP contribution < -0.4 is 0 Å². The summed E-state index contributed by atoms with van der Waals surface area (Å²) in [6.45, 7) is 13.8. The predicted molar refractivity (Wildman–Crippen MR) is 321 cm³/mol. The number of hydrogen-bond donors (Lipinski definition) is 0. The maximum Gasteiger partial charge on any atom is 0.306 e. The van der Waals surface area contributed by atoms with E-state index >= 15 is 0 Å². The van der Waals surface area contributed by atoms with Crippen molar-refractivity contribution in [1.82, 2.24) is 0 Å². The van der Waals surface area contributed by atoms with Gasteiger partial charge in [-0.1, -0.05) is 343 Å². The van der Waals surface area contributed by atoms with E-state index in [0.717, 1.165) is 75.5 Å². The number of hydrogen-bond acceptors (Lipinski definition) is 6. The second kappa shape index (κ2) is 59.1. The van der Waals surface area contributed by atoms with Crippen molar-refractivity contribution in [3.8, 4) is 0 Å². The molecule has 0 bridgehead atoms. The molecule has 0 rings (SSSR count). The standard InChI is InChI=1S/C68H132O6/c1-62(2)54-48-42-36-30-24-18-13-9-7-8-10-15-21-27-33-39-45-51-57-66(69)72-60-65(74-68(71)59-53-47-41-35-29-23-17-20-26-32-38-44-50-56-64(5)6)61-73-67(70)58-52-46-40-34-28-22-16-12-11-14-19-25-31-37-43-49-55-63(3)4/h62-65H,7-61H2,1-6H3/t65-/m1/s1. The van der Waals surface area contributed by atoms with Gasteiger partial charge in [-0.15, -0.1) is 0 Å². The molecule has 6 heteroatoms. The lowest BCUT2D eigenvalue weighted by Gasteiger charge is -2.18. The van der Waals surface area contributed by atoms with Crippen molar-refractivity contribution in [1.29, 1.82) is 0 Å². The van der Waals surface area contributed by atoms with Crippen LogP contribution in [0, 0.1) is 17.8 Å². The van der Waals surface area contributed by atoms with E-state index in [9.17, 15) is 14.4 Å². The highest BCUT2D eigenvalue weighted by Crippen LogP contribution is 2.20. The molecule has 0 fully saturated rings. The number of carbonyl (C=O) groups excluding carboxylic acids is 3. The maximum absolute atomic E-state index is 12.9. The molecule has 0 radical (unpaired) electrons. The molecule has 0 aromatic carbocycles. The highest BCUT2D eigenvalue weighted by Gasteiger charge is 2.20. The van der Waals surface area contributed by atoms with Gasteiger partial charge in [0.15, 0.2) is 6.10 Å². The summed E-state index contributed by atoms with van der Waals surface area (Å²) in [4.78, 5) is 38.4. The Morgan fingerprint density at radius 3 is 0.581 bits per heavy atom. The molecule has 0 heterocycles. The molecule has 0 aromatic heterocycles. The van der Waals surface area contributed by atoms with Crippen molar-refractivity contribution in [3.05, 3.63) is 0 Å². The Labute approximate surface area is 463 Å². The molecule has 0 N–H and O–H groups in total. The second-order valence-corrected chi connectivity index (χ2v) is 24.9. The number of carbonyl (C=O) groups is 3.